The van der Waals surface area contributed by atoms with Gasteiger partial charge in [-0.25, -0.2) is 0 Å². The highest BCUT2D eigenvalue weighted by Gasteiger charge is 2.60. The zero-order valence-electron chi connectivity index (χ0n) is 7.83. The quantitative estimate of drug-likeness (QED) is 0.271. The van der Waals surface area contributed by atoms with Crippen molar-refractivity contribution < 1.29 is 43.2 Å². The van der Waals surface area contributed by atoms with Gasteiger partial charge in [-0.3, -0.25) is 4.55 Å². The lowest BCUT2D eigenvalue weighted by atomic mass is 9.99. The molecule has 0 aromatic heterocycles. The lowest BCUT2D eigenvalue weighted by Gasteiger charge is -2.43. The average Bonchev–Trinajstić information content (AvgIpc) is 2.18. The Kier molecular flexibility index (Phi) is 3.57. The van der Waals surface area contributed by atoms with Crippen LogP contribution in [0.15, 0.2) is 0 Å². The molecule has 1 aliphatic rings. The fourth-order valence-electron chi connectivity index (χ4n) is 1.39. The standard InChI is InChI=1S/C6H12O9S/c7-1-6(16(12,13)14)4(10)2(8)3(9)5(11)15-6/h2-5,7-11H,1H2,(H,12,13,14)/t2-,3+,4+,5?,6+/m1/s1. The van der Waals surface area contributed by atoms with Crippen LogP contribution in [0.5, 0.6) is 0 Å². The number of hydrogen-bond acceptors (Lipinski definition) is 8. The Balaban J connectivity index is 3.22. The predicted molar refractivity (Wildman–Crippen MR) is 46.5 cm³/mol. The first kappa shape index (κ1) is 13.7. The molecule has 6 N–H and O–H groups in total. The van der Waals surface area contributed by atoms with Crippen LogP contribution in [0.1, 0.15) is 0 Å². The third-order valence-electron chi connectivity index (χ3n) is 2.39. The third kappa shape index (κ3) is 1.83. The second-order valence-corrected chi connectivity index (χ2v) is 5.02. The van der Waals surface area contributed by atoms with Crippen LogP contribution in [0.3, 0.4) is 0 Å². The van der Waals surface area contributed by atoms with E-state index in [1.807, 2.05) is 0 Å². The molecule has 0 aliphatic carbocycles. The topological polar surface area (TPSA) is 165 Å². The first-order chi connectivity index (χ1) is 7.17. The van der Waals surface area contributed by atoms with Gasteiger partial charge in [-0.15, -0.1) is 0 Å². The summed E-state index contributed by atoms with van der Waals surface area (Å²) in [7, 11) is -5.13. The molecule has 0 spiro atoms. The molecular weight excluding hydrogens is 248 g/mol. The Hall–Kier alpha value is -0.330. The molecule has 0 aromatic rings. The molecule has 16 heavy (non-hydrogen) atoms. The molecule has 1 unspecified atom stereocenters. The van der Waals surface area contributed by atoms with Crippen LogP contribution in [0.2, 0.25) is 0 Å². The molecule has 0 aromatic carbocycles. The van der Waals surface area contributed by atoms with Crippen molar-refractivity contribution in [1.82, 2.24) is 0 Å². The van der Waals surface area contributed by atoms with E-state index >= 15 is 0 Å². The molecule has 1 aliphatic heterocycles. The summed E-state index contributed by atoms with van der Waals surface area (Å²) in [6.45, 7) is -1.41. The molecule has 5 atom stereocenters. The smallest absolute Gasteiger partial charge is 0.300 e. The van der Waals surface area contributed by atoms with Crippen molar-refractivity contribution >= 4 is 10.1 Å². The third-order valence-corrected chi connectivity index (χ3v) is 3.73. The van der Waals surface area contributed by atoms with Gasteiger partial charge in [0.25, 0.3) is 0 Å². The largest absolute Gasteiger partial charge is 0.392 e. The fourth-order valence-corrected chi connectivity index (χ4v) is 2.21. The van der Waals surface area contributed by atoms with Crippen molar-refractivity contribution in [2.24, 2.45) is 0 Å². The van der Waals surface area contributed by atoms with Crippen LogP contribution in [-0.4, -0.2) is 74.6 Å². The molecule has 0 bridgehead atoms. The van der Waals surface area contributed by atoms with E-state index < -0.39 is 46.3 Å². The minimum absolute atomic E-state index is 1.41. The van der Waals surface area contributed by atoms with Gasteiger partial charge in [0.1, 0.15) is 18.3 Å². The maximum absolute atomic E-state index is 11.0. The van der Waals surface area contributed by atoms with Gasteiger partial charge in [-0.05, 0) is 0 Å². The Bertz CT molecular complexity index is 353. The summed E-state index contributed by atoms with van der Waals surface area (Å²) in [5, 5.41) is 45.6. The number of aliphatic hydroxyl groups is 5. The highest BCUT2D eigenvalue weighted by molar-refractivity contribution is 7.87. The minimum atomic E-state index is -5.13. The fraction of sp³-hybridized carbons (Fsp3) is 1.00. The summed E-state index contributed by atoms with van der Waals surface area (Å²) in [5.41, 5.74) is 0. The molecule has 1 heterocycles. The highest BCUT2D eigenvalue weighted by atomic mass is 32.2. The van der Waals surface area contributed by atoms with E-state index in [2.05, 4.69) is 4.74 Å². The Morgan fingerprint density at radius 2 is 1.62 bits per heavy atom. The molecule has 10 heteroatoms. The number of hydrogen-bond donors (Lipinski definition) is 6. The van der Waals surface area contributed by atoms with E-state index in [-0.39, 0.29) is 0 Å². The molecule has 9 nitrogen and oxygen atoms in total. The van der Waals surface area contributed by atoms with E-state index in [0.29, 0.717) is 0 Å². The van der Waals surface area contributed by atoms with Crippen LogP contribution >= 0.6 is 0 Å². The highest BCUT2D eigenvalue weighted by Crippen LogP contribution is 2.32. The van der Waals surface area contributed by atoms with Crippen LogP contribution in [0, 0.1) is 0 Å². The van der Waals surface area contributed by atoms with Gasteiger partial charge in [0.2, 0.25) is 4.93 Å². The molecule has 1 saturated heterocycles. The maximum Gasteiger partial charge on any atom is 0.300 e. The van der Waals surface area contributed by atoms with Gasteiger partial charge in [0.15, 0.2) is 6.29 Å². The summed E-state index contributed by atoms with van der Waals surface area (Å²) < 4.78 is 35.0. The predicted octanol–water partition coefficient (Wildman–Crippen LogP) is -4.01. The van der Waals surface area contributed by atoms with Crippen LogP contribution < -0.4 is 0 Å². The van der Waals surface area contributed by atoms with Crippen LogP contribution in [0.4, 0.5) is 0 Å². The van der Waals surface area contributed by atoms with E-state index in [1.54, 1.807) is 0 Å². The van der Waals surface area contributed by atoms with E-state index in [1.165, 1.54) is 0 Å². The Labute approximate surface area is 90.3 Å². The minimum Gasteiger partial charge on any atom is -0.392 e. The van der Waals surface area contributed by atoms with Crippen molar-refractivity contribution in [2.75, 3.05) is 6.61 Å². The van der Waals surface area contributed by atoms with Crippen molar-refractivity contribution in [1.29, 1.82) is 0 Å². The molecular formula is C6H12O9S. The lowest BCUT2D eigenvalue weighted by molar-refractivity contribution is -0.302. The average molecular weight is 260 g/mol. The summed E-state index contributed by atoms with van der Waals surface area (Å²) in [5.74, 6) is 0. The van der Waals surface area contributed by atoms with Gasteiger partial charge in [0, 0.05) is 0 Å². The van der Waals surface area contributed by atoms with Crippen molar-refractivity contribution in [3.05, 3.63) is 0 Å². The lowest BCUT2D eigenvalue weighted by Crippen LogP contribution is -2.68. The van der Waals surface area contributed by atoms with Crippen LogP contribution in [-0.2, 0) is 14.9 Å². The van der Waals surface area contributed by atoms with Crippen LogP contribution in [0.25, 0.3) is 0 Å². The Morgan fingerprint density at radius 1 is 1.12 bits per heavy atom. The van der Waals surface area contributed by atoms with Crippen molar-refractivity contribution in [2.45, 2.75) is 29.5 Å². The van der Waals surface area contributed by atoms with E-state index in [4.69, 9.17) is 19.9 Å². The normalized spacial score (nSPS) is 45.6. The first-order valence-electron chi connectivity index (χ1n) is 4.15. The van der Waals surface area contributed by atoms with Crippen molar-refractivity contribution in [3.8, 4) is 0 Å². The maximum atomic E-state index is 11.0. The monoisotopic (exact) mass is 260 g/mol. The van der Waals surface area contributed by atoms with E-state index in [9.17, 15) is 18.6 Å². The van der Waals surface area contributed by atoms with Gasteiger partial charge >= 0.3 is 10.1 Å². The zero-order valence-corrected chi connectivity index (χ0v) is 8.65. The van der Waals surface area contributed by atoms with Gasteiger partial charge in [0.05, 0.1) is 6.61 Å². The summed E-state index contributed by atoms with van der Waals surface area (Å²) in [4.78, 5) is -2.98. The number of aliphatic hydroxyl groups excluding tert-OH is 5. The second-order valence-electron chi connectivity index (χ2n) is 3.38. The molecule has 0 saturated carbocycles. The van der Waals surface area contributed by atoms with Crippen molar-refractivity contribution in [3.63, 3.8) is 0 Å². The summed E-state index contributed by atoms with van der Waals surface area (Å²) in [6.07, 6.45) is -8.55. The Morgan fingerprint density at radius 3 is 2.00 bits per heavy atom. The SMILES string of the molecule is O=S(=O)(O)[C@]1(CO)OC(O)[C@@H](O)[C@@H](O)[C@@H]1O. The molecule has 0 amide bonds. The van der Waals surface area contributed by atoms with Gasteiger partial charge in [-0.2, -0.15) is 8.42 Å². The van der Waals surface area contributed by atoms with E-state index in [0.717, 1.165) is 0 Å². The summed E-state index contributed by atoms with van der Waals surface area (Å²) in [6, 6.07) is 0. The number of ether oxygens (including phenoxy) is 1. The summed E-state index contributed by atoms with van der Waals surface area (Å²) >= 11 is 0. The number of rotatable bonds is 2. The van der Waals surface area contributed by atoms with Gasteiger partial charge in [-0.1, -0.05) is 0 Å². The molecule has 96 valence electrons. The zero-order chi connectivity index (χ0) is 12.7. The van der Waals surface area contributed by atoms with Gasteiger partial charge < -0.3 is 30.3 Å². The molecule has 1 rings (SSSR count). The second kappa shape index (κ2) is 4.16. The molecule has 1 fully saturated rings. The first-order valence-corrected chi connectivity index (χ1v) is 5.59. The molecule has 0 radical (unpaired) electrons.